The van der Waals surface area contributed by atoms with Crippen molar-refractivity contribution >= 4 is 10.2 Å². The lowest BCUT2D eigenvalue weighted by molar-refractivity contribution is 0.0691. The fourth-order valence-electron chi connectivity index (χ4n) is 2.83. The zero-order chi connectivity index (χ0) is 14.4. The second kappa shape index (κ2) is 7.70. The molecule has 2 aliphatic heterocycles. The fourth-order valence-corrected chi connectivity index (χ4v) is 4.52. The summed E-state index contributed by atoms with van der Waals surface area (Å²) in [5, 5.41) is 3.40. The molecule has 0 aromatic heterocycles. The van der Waals surface area contributed by atoms with Gasteiger partial charge in [0.15, 0.2) is 0 Å². The Morgan fingerprint density at radius 3 is 2.65 bits per heavy atom. The van der Waals surface area contributed by atoms with E-state index in [0.717, 1.165) is 32.4 Å². The van der Waals surface area contributed by atoms with Crippen LogP contribution in [0.3, 0.4) is 0 Å². The summed E-state index contributed by atoms with van der Waals surface area (Å²) >= 11 is 0. The van der Waals surface area contributed by atoms with Crippen molar-refractivity contribution in [3.05, 3.63) is 0 Å². The van der Waals surface area contributed by atoms with Gasteiger partial charge in [0.25, 0.3) is 10.2 Å². The van der Waals surface area contributed by atoms with Crippen molar-refractivity contribution in [2.45, 2.75) is 26.2 Å². The third-order valence-electron chi connectivity index (χ3n) is 3.96. The molecule has 2 rings (SSSR count). The van der Waals surface area contributed by atoms with Gasteiger partial charge in [-0.15, -0.1) is 0 Å². The number of hydrogen-bond donors (Lipinski definition) is 1. The maximum absolute atomic E-state index is 12.6. The molecule has 2 aliphatic rings. The molecule has 0 bridgehead atoms. The first-order valence-corrected chi connectivity index (χ1v) is 9.08. The zero-order valence-corrected chi connectivity index (χ0v) is 13.2. The summed E-state index contributed by atoms with van der Waals surface area (Å²) in [6.07, 6.45) is 3.19. The van der Waals surface area contributed by atoms with Gasteiger partial charge in [0.1, 0.15) is 0 Å². The molecule has 118 valence electrons. The smallest absolute Gasteiger partial charge is 0.282 e. The first kappa shape index (κ1) is 16.2. The summed E-state index contributed by atoms with van der Waals surface area (Å²) in [6.45, 7) is 7.36. The number of piperidine rings is 1. The molecule has 0 aromatic rings. The summed E-state index contributed by atoms with van der Waals surface area (Å²) in [6, 6.07) is 0. The summed E-state index contributed by atoms with van der Waals surface area (Å²) in [4.78, 5) is 0. The van der Waals surface area contributed by atoms with E-state index in [1.165, 1.54) is 0 Å². The molecule has 1 atom stereocenters. The average Bonchev–Trinajstić information content (AvgIpc) is 2.49. The molecule has 0 saturated carbocycles. The zero-order valence-electron chi connectivity index (χ0n) is 12.4. The molecular weight excluding hydrogens is 278 g/mol. The van der Waals surface area contributed by atoms with Crippen molar-refractivity contribution in [2.75, 3.05) is 52.5 Å². The molecular formula is C13H27N3O3S. The van der Waals surface area contributed by atoms with Crippen LogP contribution in [0.25, 0.3) is 0 Å². The minimum absolute atomic E-state index is 0.436. The van der Waals surface area contributed by atoms with Crippen LogP contribution in [-0.2, 0) is 14.9 Å². The van der Waals surface area contributed by atoms with Gasteiger partial charge in [0, 0.05) is 26.2 Å². The van der Waals surface area contributed by atoms with Crippen LogP contribution in [0.1, 0.15) is 26.2 Å². The van der Waals surface area contributed by atoms with Crippen LogP contribution in [0.15, 0.2) is 0 Å². The molecule has 7 heteroatoms. The normalized spacial score (nSPS) is 26.8. The molecule has 0 radical (unpaired) electrons. The molecule has 2 saturated heterocycles. The highest BCUT2D eigenvalue weighted by atomic mass is 32.2. The van der Waals surface area contributed by atoms with Gasteiger partial charge in [-0.1, -0.05) is 6.92 Å². The minimum atomic E-state index is -3.29. The third-order valence-corrected chi connectivity index (χ3v) is 5.97. The maximum atomic E-state index is 12.6. The van der Waals surface area contributed by atoms with E-state index in [0.29, 0.717) is 45.3 Å². The van der Waals surface area contributed by atoms with Crippen LogP contribution in [0, 0.1) is 5.92 Å². The molecule has 1 N–H and O–H groups in total. The number of hydrogen-bond acceptors (Lipinski definition) is 4. The first-order chi connectivity index (χ1) is 9.64. The number of rotatable bonds is 6. The van der Waals surface area contributed by atoms with E-state index >= 15 is 0 Å². The van der Waals surface area contributed by atoms with E-state index in [1.54, 1.807) is 8.61 Å². The van der Waals surface area contributed by atoms with E-state index in [9.17, 15) is 8.42 Å². The summed E-state index contributed by atoms with van der Waals surface area (Å²) in [5.41, 5.74) is 0. The third kappa shape index (κ3) is 4.14. The second-order valence-electron chi connectivity index (χ2n) is 5.59. The molecule has 2 fully saturated rings. The molecule has 0 aliphatic carbocycles. The largest absolute Gasteiger partial charge is 0.379 e. The highest BCUT2D eigenvalue weighted by Gasteiger charge is 2.34. The minimum Gasteiger partial charge on any atom is -0.379 e. The van der Waals surface area contributed by atoms with Gasteiger partial charge in [-0.2, -0.15) is 17.0 Å². The Morgan fingerprint density at radius 1 is 1.20 bits per heavy atom. The standard InChI is InChI=1S/C13H27N3O3S/c1-2-5-14-11-13-4-3-6-16(12-13)20(17,18)15-7-9-19-10-8-15/h13-14H,2-12H2,1H3. The fraction of sp³-hybridized carbons (Fsp3) is 1.00. The van der Waals surface area contributed by atoms with E-state index in [1.807, 2.05) is 0 Å². The highest BCUT2D eigenvalue weighted by molar-refractivity contribution is 7.86. The lowest BCUT2D eigenvalue weighted by atomic mass is 10.00. The predicted molar refractivity (Wildman–Crippen MR) is 78.8 cm³/mol. The van der Waals surface area contributed by atoms with Crippen LogP contribution >= 0.6 is 0 Å². The Balaban J connectivity index is 1.89. The van der Waals surface area contributed by atoms with Crippen LogP contribution < -0.4 is 5.32 Å². The van der Waals surface area contributed by atoms with Gasteiger partial charge in [0.2, 0.25) is 0 Å². The topological polar surface area (TPSA) is 61.9 Å². The van der Waals surface area contributed by atoms with Gasteiger partial charge in [-0.3, -0.25) is 0 Å². The highest BCUT2D eigenvalue weighted by Crippen LogP contribution is 2.21. The SMILES string of the molecule is CCCNCC1CCCN(S(=O)(=O)N2CCOCC2)C1. The van der Waals surface area contributed by atoms with Gasteiger partial charge in [-0.25, -0.2) is 0 Å². The Labute approximate surface area is 122 Å². The van der Waals surface area contributed by atoms with Gasteiger partial charge in [-0.05, 0) is 38.3 Å². The summed E-state index contributed by atoms with van der Waals surface area (Å²) < 4.78 is 33.7. The molecule has 0 aromatic carbocycles. The molecule has 20 heavy (non-hydrogen) atoms. The number of ether oxygens (including phenoxy) is 1. The average molecular weight is 305 g/mol. The lowest BCUT2D eigenvalue weighted by Gasteiger charge is -2.36. The summed E-state index contributed by atoms with van der Waals surface area (Å²) in [7, 11) is -3.29. The maximum Gasteiger partial charge on any atom is 0.282 e. The quantitative estimate of drug-likeness (QED) is 0.716. The number of nitrogens with one attached hydrogen (secondary N) is 1. The lowest BCUT2D eigenvalue weighted by Crippen LogP contribution is -2.52. The van der Waals surface area contributed by atoms with E-state index in [-0.39, 0.29) is 0 Å². The molecule has 2 heterocycles. The van der Waals surface area contributed by atoms with Gasteiger partial charge >= 0.3 is 0 Å². The molecule has 0 spiro atoms. The first-order valence-electron chi connectivity index (χ1n) is 7.68. The van der Waals surface area contributed by atoms with E-state index in [2.05, 4.69) is 12.2 Å². The Kier molecular flexibility index (Phi) is 6.22. The predicted octanol–water partition coefficient (Wildman–Crippen LogP) is 0.275. The van der Waals surface area contributed by atoms with Crippen LogP contribution in [0.4, 0.5) is 0 Å². The Hall–Kier alpha value is -0.210. The van der Waals surface area contributed by atoms with Crippen molar-refractivity contribution < 1.29 is 13.2 Å². The molecule has 0 amide bonds. The number of morpholine rings is 1. The van der Waals surface area contributed by atoms with Crippen molar-refractivity contribution in [3.63, 3.8) is 0 Å². The summed E-state index contributed by atoms with van der Waals surface area (Å²) in [5.74, 6) is 0.436. The molecule has 1 unspecified atom stereocenters. The molecule has 6 nitrogen and oxygen atoms in total. The van der Waals surface area contributed by atoms with Crippen molar-refractivity contribution in [3.8, 4) is 0 Å². The Morgan fingerprint density at radius 2 is 1.95 bits per heavy atom. The van der Waals surface area contributed by atoms with Gasteiger partial charge in [0.05, 0.1) is 13.2 Å². The van der Waals surface area contributed by atoms with Gasteiger partial charge < -0.3 is 10.1 Å². The van der Waals surface area contributed by atoms with Crippen molar-refractivity contribution in [2.24, 2.45) is 5.92 Å². The van der Waals surface area contributed by atoms with Crippen molar-refractivity contribution in [1.29, 1.82) is 0 Å². The second-order valence-corrected chi connectivity index (χ2v) is 7.52. The van der Waals surface area contributed by atoms with Crippen LogP contribution in [-0.4, -0.2) is 69.5 Å². The van der Waals surface area contributed by atoms with Crippen LogP contribution in [0.5, 0.6) is 0 Å². The monoisotopic (exact) mass is 305 g/mol. The Bertz CT molecular complexity index is 382. The van der Waals surface area contributed by atoms with Crippen molar-refractivity contribution in [1.82, 2.24) is 13.9 Å². The van der Waals surface area contributed by atoms with E-state index in [4.69, 9.17) is 4.74 Å². The van der Waals surface area contributed by atoms with E-state index < -0.39 is 10.2 Å². The number of nitrogens with zero attached hydrogens (tertiary/aromatic N) is 2. The van der Waals surface area contributed by atoms with Crippen LogP contribution in [0.2, 0.25) is 0 Å².